The lowest BCUT2D eigenvalue weighted by Crippen LogP contribution is -2.54. The Labute approximate surface area is 133 Å². The van der Waals surface area contributed by atoms with Crippen molar-refractivity contribution >= 4 is 17.8 Å². The maximum atomic E-state index is 12.7. The number of carboxylic acid groups (broad SMARTS) is 1. The van der Waals surface area contributed by atoms with Crippen molar-refractivity contribution in [2.45, 2.75) is 31.1 Å². The molecule has 2 fully saturated rings. The second kappa shape index (κ2) is 6.37. The molecule has 23 heavy (non-hydrogen) atoms. The second-order valence-electron chi connectivity index (χ2n) is 5.66. The summed E-state index contributed by atoms with van der Waals surface area (Å²) in [5, 5.41) is 11.7. The molecule has 2 saturated heterocycles. The Balaban J connectivity index is 1.80. The molecule has 0 aromatic heterocycles. The summed E-state index contributed by atoms with van der Waals surface area (Å²) in [6, 6.07) is 8.36. The van der Waals surface area contributed by atoms with E-state index in [4.69, 9.17) is 9.84 Å². The van der Waals surface area contributed by atoms with Gasteiger partial charge in [-0.1, -0.05) is 30.3 Å². The van der Waals surface area contributed by atoms with Gasteiger partial charge >= 0.3 is 5.97 Å². The lowest BCUT2D eigenvalue weighted by atomic mass is 10.0. The number of rotatable bonds is 3. The molecule has 3 atom stereocenters. The van der Waals surface area contributed by atoms with Gasteiger partial charge in [0.25, 0.3) is 5.91 Å². The van der Waals surface area contributed by atoms with Crippen molar-refractivity contribution in [3.05, 3.63) is 35.9 Å². The van der Waals surface area contributed by atoms with Gasteiger partial charge in [0.1, 0.15) is 12.1 Å². The summed E-state index contributed by atoms with van der Waals surface area (Å²) >= 11 is 0. The number of piperazine rings is 1. The fourth-order valence-corrected chi connectivity index (χ4v) is 3.06. The average molecular weight is 318 g/mol. The molecule has 7 heteroatoms. The first-order valence-corrected chi connectivity index (χ1v) is 7.59. The highest BCUT2D eigenvalue weighted by molar-refractivity contribution is 5.91. The van der Waals surface area contributed by atoms with Crippen LogP contribution in [-0.4, -0.2) is 53.1 Å². The fraction of sp³-hybridized carbons (Fsp3) is 0.438. The monoisotopic (exact) mass is 318 g/mol. The molecule has 2 aliphatic heterocycles. The van der Waals surface area contributed by atoms with E-state index in [2.05, 4.69) is 5.32 Å². The van der Waals surface area contributed by atoms with E-state index in [0.29, 0.717) is 25.9 Å². The number of hydrogen-bond acceptors (Lipinski definition) is 4. The number of amides is 2. The normalized spacial score (nSPS) is 27.6. The van der Waals surface area contributed by atoms with Crippen molar-refractivity contribution in [2.75, 3.05) is 13.1 Å². The van der Waals surface area contributed by atoms with E-state index in [-0.39, 0.29) is 11.8 Å². The molecule has 122 valence electrons. The minimum Gasteiger partial charge on any atom is -0.479 e. The number of hydrogen-bond donors (Lipinski definition) is 2. The zero-order chi connectivity index (χ0) is 16.4. The highest BCUT2D eigenvalue weighted by Gasteiger charge is 2.41. The lowest BCUT2D eigenvalue weighted by molar-refractivity contribution is -0.158. The molecule has 0 spiro atoms. The van der Waals surface area contributed by atoms with Crippen molar-refractivity contribution < 1.29 is 24.2 Å². The number of carbonyl (C=O) groups excluding carboxylic acids is 2. The van der Waals surface area contributed by atoms with Crippen LogP contribution >= 0.6 is 0 Å². The van der Waals surface area contributed by atoms with Crippen LogP contribution < -0.4 is 5.32 Å². The van der Waals surface area contributed by atoms with Crippen LogP contribution in [0, 0.1) is 0 Å². The summed E-state index contributed by atoms with van der Waals surface area (Å²) in [5.41, 5.74) is 0.728. The van der Waals surface area contributed by atoms with Crippen molar-refractivity contribution in [2.24, 2.45) is 0 Å². The SMILES string of the molecule is O=C1NCCN(C(=O)[C@@H]2CC[C@H](C(=O)O)O2)C1c1ccccc1. The van der Waals surface area contributed by atoms with Crippen molar-refractivity contribution in [3.63, 3.8) is 0 Å². The van der Waals surface area contributed by atoms with Gasteiger partial charge in [-0.2, -0.15) is 0 Å². The molecule has 0 aliphatic carbocycles. The molecule has 1 aromatic carbocycles. The minimum atomic E-state index is -1.06. The molecule has 0 radical (unpaired) electrons. The van der Waals surface area contributed by atoms with E-state index < -0.39 is 24.2 Å². The van der Waals surface area contributed by atoms with Crippen LogP contribution in [0.3, 0.4) is 0 Å². The maximum absolute atomic E-state index is 12.7. The summed E-state index contributed by atoms with van der Waals surface area (Å²) in [4.78, 5) is 37.4. The highest BCUT2D eigenvalue weighted by atomic mass is 16.5. The molecule has 1 aromatic rings. The van der Waals surface area contributed by atoms with Crippen LogP contribution in [0.2, 0.25) is 0 Å². The van der Waals surface area contributed by atoms with E-state index >= 15 is 0 Å². The van der Waals surface area contributed by atoms with Crippen LogP contribution in [0.5, 0.6) is 0 Å². The Hall–Kier alpha value is -2.41. The van der Waals surface area contributed by atoms with Crippen LogP contribution in [0.4, 0.5) is 0 Å². The van der Waals surface area contributed by atoms with Crippen molar-refractivity contribution in [1.29, 1.82) is 0 Å². The van der Waals surface area contributed by atoms with Crippen molar-refractivity contribution in [3.8, 4) is 0 Å². The van der Waals surface area contributed by atoms with E-state index in [1.165, 1.54) is 4.90 Å². The topological polar surface area (TPSA) is 95.9 Å². The maximum Gasteiger partial charge on any atom is 0.332 e. The first-order chi connectivity index (χ1) is 11.1. The van der Waals surface area contributed by atoms with Crippen LogP contribution in [0.25, 0.3) is 0 Å². The quantitative estimate of drug-likeness (QED) is 0.837. The highest BCUT2D eigenvalue weighted by Crippen LogP contribution is 2.28. The lowest BCUT2D eigenvalue weighted by Gasteiger charge is -2.36. The van der Waals surface area contributed by atoms with Gasteiger partial charge in [-0.05, 0) is 18.4 Å². The smallest absolute Gasteiger partial charge is 0.332 e. The van der Waals surface area contributed by atoms with Gasteiger partial charge in [0.2, 0.25) is 5.91 Å². The Morgan fingerprint density at radius 2 is 1.87 bits per heavy atom. The third-order valence-corrected chi connectivity index (χ3v) is 4.18. The molecule has 0 bridgehead atoms. The first kappa shape index (κ1) is 15.5. The molecule has 2 N–H and O–H groups in total. The predicted molar refractivity (Wildman–Crippen MR) is 79.4 cm³/mol. The summed E-state index contributed by atoms with van der Waals surface area (Å²) in [5.74, 6) is -1.61. The number of benzene rings is 1. The van der Waals surface area contributed by atoms with Gasteiger partial charge in [-0.3, -0.25) is 9.59 Å². The molecule has 2 heterocycles. The molecule has 2 aliphatic rings. The average Bonchev–Trinajstić information content (AvgIpc) is 3.05. The Bertz CT molecular complexity index is 618. The number of carboxylic acids is 1. The molecular formula is C16H18N2O5. The van der Waals surface area contributed by atoms with Crippen LogP contribution in [0.15, 0.2) is 30.3 Å². The Morgan fingerprint density at radius 1 is 1.17 bits per heavy atom. The summed E-state index contributed by atoms with van der Waals surface area (Å²) in [6.45, 7) is 0.755. The fourth-order valence-electron chi connectivity index (χ4n) is 3.06. The summed E-state index contributed by atoms with van der Waals surface area (Å²) in [6.07, 6.45) is -1.08. The molecule has 7 nitrogen and oxygen atoms in total. The van der Waals surface area contributed by atoms with Crippen LogP contribution in [0.1, 0.15) is 24.4 Å². The Kier molecular flexibility index (Phi) is 4.29. The molecule has 0 saturated carbocycles. The van der Waals surface area contributed by atoms with Gasteiger partial charge in [0, 0.05) is 13.1 Å². The number of nitrogens with one attached hydrogen (secondary N) is 1. The first-order valence-electron chi connectivity index (χ1n) is 7.59. The number of ether oxygens (including phenoxy) is 1. The van der Waals surface area contributed by atoms with Crippen molar-refractivity contribution in [1.82, 2.24) is 10.2 Å². The molecule has 3 rings (SSSR count). The van der Waals surface area contributed by atoms with Gasteiger partial charge in [0.05, 0.1) is 0 Å². The Morgan fingerprint density at radius 3 is 2.52 bits per heavy atom. The van der Waals surface area contributed by atoms with E-state index in [9.17, 15) is 14.4 Å². The largest absolute Gasteiger partial charge is 0.479 e. The minimum absolute atomic E-state index is 0.233. The van der Waals surface area contributed by atoms with E-state index in [1.54, 1.807) is 12.1 Å². The van der Waals surface area contributed by atoms with E-state index in [1.807, 2.05) is 18.2 Å². The molecule has 1 unspecified atom stereocenters. The summed E-state index contributed by atoms with van der Waals surface area (Å²) in [7, 11) is 0. The zero-order valence-electron chi connectivity index (χ0n) is 12.5. The van der Waals surface area contributed by atoms with Gasteiger partial charge in [0.15, 0.2) is 6.10 Å². The number of carbonyl (C=O) groups is 3. The molecular weight excluding hydrogens is 300 g/mol. The number of nitrogens with zero attached hydrogens (tertiary/aromatic N) is 1. The van der Waals surface area contributed by atoms with E-state index in [0.717, 1.165) is 5.56 Å². The third kappa shape index (κ3) is 3.05. The second-order valence-corrected chi connectivity index (χ2v) is 5.66. The number of aliphatic carboxylic acids is 1. The predicted octanol–water partition coefficient (Wildman–Crippen LogP) is 0.318. The van der Waals surface area contributed by atoms with Gasteiger partial charge in [-0.25, -0.2) is 4.79 Å². The summed E-state index contributed by atoms with van der Waals surface area (Å²) < 4.78 is 5.33. The third-order valence-electron chi connectivity index (χ3n) is 4.18. The van der Waals surface area contributed by atoms with Crippen LogP contribution in [-0.2, 0) is 19.1 Å². The van der Waals surface area contributed by atoms with Gasteiger partial charge in [-0.15, -0.1) is 0 Å². The standard InChI is InChI=1S/C16H18N2O5/c19-14-13(10-4-2-1-3-5-10)18(9-8-17-14)15(20)11-6-7-12(23-11)16(21)22/h1-5,11-13H,6-9H2,(H,17,19)(H,21,22)/t11-,12+,13?/m0/s1. The van der Waals surface area contributed by atoms with Gasteiger partial charge < -0.3 is 20.1 Å². The zero-order valence-corrected chi connectivity index (χ0v) is 12.5. The molecule has 2 amide bonds.